The summed E-state index contributed by atoms with van der Waals surface area (Å²) in [6, 6.07) is 23.0. The third-order valence-electron chi connectivity index (χ3n) is 4.41. The quantitative estimate of drug-likeness (QED) is 0.693. The first-order chi connectivity index (χ1) is 13.2. The van der Waals surface area contributed by atoms with Crippen molar-refractivity contribution >= 4 is 17.9 Å². The lowest BCUT2D eigenvalue weighted by molar-refractivity contribution is 0.112. The van der Waals surface area contributed by atoms with Crippen LogP contribution in [0, 0.1) is 0 Å². The molecule has 0 spiro atoms. The van der Waals surface area contributed by atoms with Gasteiger partial charge in [-0.3, -0.25) is 4.79 Å². The van der Waals surface area contributed by atoms with E-state index in [4.69, 9.17) is 10.5 Å². The molecular weight excluding hydrogens is 338 g/mol. The molecule has 1 heterocycles. The summed E-state index contributed by atoms with van der Waals surface area (Å²) in [6.45, 7) is 1.21. The van der Waals surface area contributed by atoms with E-state index < -0.39 is 0 Å². The maximum atomic E-state index is 11.0. The smallest absolute Gasteiger partial charge is 0.197 e. The van der Waals surface area contributed by atoms with Gasteiger partial charge in [0.2, 0.25) is 0 Å². The topological polar surface area (TPSA) is 67.9 Å². The molecular formula is C22H19N3O2. The SMILES string of the molecule is NC1=Nc2ccc(Oc3ccccc3)cc2CN1Cc1cccc(C=O)c1. The number of benzene rings is 3. The van der Waals surface area contributed by atoms with Crippen LogP contribution in [0.25, 0.3) is 0 Å². The molecule has 1 aliphatic rings. The number of hydrogen-bond donors (Lipinski definition) is 1. The number of fused-ring (bicyclic) bond motifs is 1. The second-order valence-corrected chi connectivity index (χ2v) is 6.39. The fraction of sp³-hybridized carbons (Fsp3) is 0.0909. The van der Waals surface area contributed by atoms with Crippen LogP contribution in [0.5, 0.6) is 11.5 Å². The Hall–Kier alpha value is -3.60. The first kappa shape index (κ1) is 16.8. The molecule has 134 valence electrons. The highest BCUT2D eigenvalue weighted by Crippen LogP contribution is 2.31. The van der Waals surface area contributed by atoms with Crippen LogP contribution in [0.4, 0.5) is 5.69 Å². The van der Waals surface area contributed by atoms with E-state index in [0.29, 0.717) is 24.6 Å². The monoisotopic (exact) mass is 357 g/mol. The molecule has 0 fully saturated rings. The van der Waals surface area contributed by atoms with Crippen molar-refractivity contribution in [2.24, 2.45) is 10.7 Å². The van der Waals surface area contributed by atoms with Gasteiger partial charge in [-0.25, -0.2) is 4.99 Å². The number of para-hydroxylation sites is 1. The Kier molecular flexibility index (Phi) is 4.58. The maximum Gasteiger partial charge on any atom is 0.197 e. The summed E-state index contributed by atoms with van der Waals surface area (Å²) < 4.78 is 5.92. The molecule has 27 heavy (non-hydrogen) atoms. The molecule has 0 bridgehead atoms. The highest BCUT2D eigenvalue weighted by molar-refractivity contribution is 5.83. The van der Waals surface area contributed by atoms with Crippen molar-refractivity contribution in [3.05, 3.63) is 89.5 Å². The molecule has 0 aromatic heterocycles. The maximum absolute atomic E-state index is 11.0. The summed E-state index contributed by atoms with van der Waals surface area (Å²) in [7, 11) is 0. The molecule has 4 rings (SSSR count). The van der Waals surface area contributed by atoms with Gasteiger partial charge in [0.25, 0.3) is 0 Å². The number of ether oxygens (including phenoxy) is 1. The van der Waals surface area contributed by atoms with E-state index in [2.05, 4.69) is 4.99 Å². The Bertz CT molecular complexity index is 999. The van der Waals surface area contributed by atoms with Gasteiger partial charge in [-0.2, -0.15) is 0 Å². The normalized spacial score (nSPS) is 12.9. The molecule has 1 aliphatic heterocycles. The van der Waals surface area contributed by atoms with Crippen LogP contribution in [0.1, 0.15) is 21.5 Å². The van der Waals surface area contributed by atoms with Gasteiger partial charge in [-0.15, -0.1) is 0 Å². The molecule has 5 nitrogen and oxygen atoms in total. The van der Waals surface area contributed by atoms with Crippen LogP contribution in [-0.4, -0.2) is 17.1 Å². The van der Waals surface area contributed by atoms with E-state index >= 15 is 0 Å². The Morgan fingerprint density at radius 3 is 2.67 bits per heavy atom. The summed E-state index contributed by atoms with van der Waals surface area (Å²) in [5, 5.41) is 0. The Morgan fingerprint density at radius 2 is 1.85 bits per heavy atom. The molecule has 2 N–H and O–H groups in total. The summed E-state index contributed by atoms with van der Waals surface area (Å²) >= 11 is 0. The zero-order valence-electron chi connectivity index (χ0n) is 14.7. The fourth-order valence-corrected chi connectivity index (χ4v) is 3.09. The second-order valence-electron chi connectivity index (χ2n) is 6.39. The number of rotatable bonds is 5. The summed E-state index contributed by atoms with van der Waals surface area (Å²) in [5.41, 5.74) is 9.71. The minimum atomic E-state index is 0.468. The average Bonchev–Trinajstić information content (AvgIpc) is 2.70. The highest BCUT2D eigenvalue weighted by atomic mass is 16.5. The van der Waals surface area contributed by atoms with Crippen LogP contribution in [0.15, 0.2) is 77.8 Å². The molecule has 0 amide bonds. The third kappa shape index (κ3) is 3.82. The number of nitrogens with two attached hydrogens (primary N) is 1. The van der Waals surface area contributed by atoms with E-state index in [1.807, 2.05) is 71.6 Å². The predicted molar refractivity (Wildman–Crippen MR) is 105 cm³/mol. The second kappa shape index (κ2) is 7.33. The minimum absolute atomic E-state index is 0.468. The zero-order chi connectivity index (χ0) is 18.6. The molecule has 0 atom stereocenters. The summed E-state index contributed by atoms with van der Waals surface area (Å²) in [6.07, 6.45) is 0.847. The Labute approximate surface area is 157 Å². The highest BCUT2D eigenvalue weighted by Gasteiger charge is 2.18. The number of aldehydes is 1. The van der Waals surface area contributed by atoms with Crippen LogP contribution >= 0.6 is 0 Å². The number of carbonyl (C=O) groups excluding carboxylic acids is 1. The van der Waals surface area contributed by atoms with Crippen molar-refractivity contribution in [3.8, 4) is 11.5 Å². The minimum Gasteiger partial charge on any atom is -0.457 e. The zero-order valence-corrected chi connectivity index (χ0v) is 14.7. The summed E-state index contributed by atoms with van der Waals surface area (Å²) in [5.74, 6) is 2.02. The predicted octanol–water partition coefficient (Wildman–Crippen LogP) is 4.25. The number of hydrogen-bond acceptors (Lipinski definition) is 5. The lowest BCUT2D eigenvalue weighted by Crippen LogP contribution is -2.38. The van der Waals surface area contributed by atoms with Crippen LogP contribution in [0.2, 0.25) is 0 Å². The number of nitrogens with zero attached hydrogens (tertiary/aromatic N) is 2. The van der Waals surface area contributed by atoms with Gasteiger partial charge < -0.3 is 15.4 Å². The van der Waals surface area contributed by atoms with Crippen molar-refractivity contribution in [2.45, 2.75) is 13.1 Å². The molecule has 3 aromatic rings. The van der Waals surface area contributed by atoms with E-state index in [-0.39, 0.29) is 0 Å². The van der Waals surface area contributed by atoms with Crippen molar-refractivity contribution in [1.82, 2.24) is 4.90 Å². The summed E-state index contributed by atoms with van der Waals surface area (Å²) in [4.78, 5) is 17.5. The first-order valence-corrected chi connectivity index (χ1v) is 8.70. The van der Waals surface area contributed by atoms with Gasteiger partial charge in [0.05, 0.1) is 5.69 Å². The van der Waals surface area contributed by atoms with E-state index in [9.17, 15) is 4.79 Å². The van der Waals surface area contributed by atoms with Crippen LogP contribution in [0.3, 0.4) is 0 Å². The average molecular weight is 357 g/mol. The van der Waals surface area contributed by atoms with Crippen molar-refractivity contribution < 1.29 is 9.53 Å². The lowest BCUT2D eigenvalue weighted by Gasteiger charge is -2.28. The molecule has 0 aliphatic carbocycles. The Balaban J connectivity index is 1.55. The fourth-order valence-electron chi connectivity index (χ4n) is 3.09. The van der Waals surface area contributed by atoms with E-state index in [0.717, 1.165) is 34.6 Å². The van der Waals surface area contributed by atoms with Gasteiger partial charge in [-0.05, 0) is 42.0 Å². The molecule has 5 heteroatoms. The van der Waals surface area contributed by atoms with Gasteiger partial charge in [-0.1, -0.05) is 36.4 Å². The number of carbonyl (C=O) groups is 1. The van der Waals surface area contributed by atoms with Gasteiger partial charge in [0.15, 0.2) is 5.96 Å². The molecule has 0 radical (unpaired) electrons. The van der Waals surface area contributed by atoms with Crippen molar-refractivity contribution in [2.75, 3.05) is 0 Å². The number of aliphatic imine (C=N–C) groups is 1. The van der Waals surface area contributed by atoms with Gasteiger partial charge >= 0.3 is 0 Å². The van der Waals surface area contributed by atoms with Crippen LogP contribution < -0.4 is 10.5 Å². The molecule has 0 saturated carbocycles. The molecule has 0 unspecified atom stereocenters. The number of guanidine groups is 1. The molecule has 0 saturated heterocycles. The van der Waals surface area contributed by atoms with E-state index in [1.165, 1.54) is 0 Å². The van der Waals surface area contributed by atoms with E-state index in [1.54, 1.807) is 6.07 Å². The van der Waals surface area contributed by atoms with Gasteiger partial charge in [0.1, 0.15) is 17.8 Å². The van der Waals surface area contributed by atoms with Crippen molar-refractivity contribution in [1.29, 1.82) is 0 Å². The lowest BCUT2D eigenvalue weighted by atomic mass is 10.1. The van der Waals surface area contributed by atoms with Gasteiger partial charge in [0, 0.05) is 24.2 Å². The standard InChI is InChI=1S/C22H19N3O2/c23-22-24-21-10-9-20(27-19-7-2-1-3-8-19)12-18(21)14-25(22)13-16-5-4-6-17(11-16)15-26/h1-12,15H,13-14H2,(H2,23,24). The van der Waals surface area contributed by atoms with Crippen molar-refractivity contribution in [3.63, 3.8) is 0 Å². The molecule has 3 aromatic carbocycles. The Morgan fingerprint density at radius 1 is 1.00 bits per heavy atom. The first-order valence-electron chi connectivity index (χ1n) is 8.70. The van der Waals surface area contributed by atoms with Crippen LogP contribution in [-0.2, 0) is 13.1 Å². The third-order valence-corrected chi connectivity index (χ3v) is 4.41. The largest absolute Gasteiger partial charge is 0.457 e.